The summed E-state index contributed by atoms with van der Waals surface area (Å²) in [6, 6.07) is 6.63. The second kappa shape index (κ2) is 17.4. The molecule has 0 saturated heterocycles. The van der Waals surface area contributed by atoms with Crippen LogP contribution in [0, 0.1) is 0 Å². The van der Waals surface area contributed by atoms with Gasteiger partial charge in [0.05, 0.1) is 6.42 Å². The fourth-order valence-corrected chi connectivity index (χ4v) is 4.28. The molecule has 0 fully saturated rings. The number of rotatable bonds is 20. The highest BCUT2D eigenvalue weighted by atomic mass is 19.3. The number of ether oxygens (including phenoxy) is 1. The van der Waals surface area contributed by atoms with Crippen molar-refractivity contribution in [2.24, 2.45) is 0 Å². The maximum Gasteiger partial charge on any atom is 0.397 e. The van der Waals surface area contributed by atoms with Gasteiger partial charge in [-0.25, -0.2) is 9.97 Å². The zero-order valence-corrected chi connectivity index (χ0v) is 22.0. The minimum atomic E-state index is -3.14. The number of aryl methyl sites for hydroxylation is 1. The minimum Gasteiger partial charge on any atom is -0.433 e. The highest BCUT2D eigenvalue weighted by Crippen LogP contribution is 2.28. The Morgan fingerprint density at radius 1 is 0.657 bits per heavy atom. The molecule has 0 N–H and O–H groups in total. The van der Waals surface area contributed by atoms with Gasteiger partial charge in [-0.15, -0.1) is 0 Å². The normalized spacial score (nSPS) is 11.7. The molecule has 1 aromatic heterocycles. The van der Waals surface area contributed by atoms with Crippen molar-refractivity contribution in [3.63, 3.8) is 0 Å². The van der Waals surface area contributed by atoms with Crippen molar-refractivity contribution in [2.75, 3.05) is 0 Å². The Kier molecular flexibility index (Phi) is 14.5. The SMILES string of the molecule is CCCCCCCCCCCc1cnc(-c2ccc(OC(F)(F)CCCCCCCC)cc2)nc1. The van der Waals surface area contributed by atoms with Crippen LogP contribution < -0.4 is 4.74 Å². The first kappa shape index (κ1) is 29.2. The van der Waals surface area contributed by atoms with E-state index < -0.39 is 6.11 Å². The summed E-state index contributed by atoms with van der Waals surface area (Å²) in [6.45, 7) is 4.40. The lowest BCUT2D eigenvalue weighted by Crippen LogP contribution is -2.24. The second-order valence-corrected chi connectivity index (χ2v) is 9.77. The lowest BCUT2D eigenvalue weighted by Gasteiger charge is -2.18. The summed E-state index contributed by atoms with van der Waals surface area (Å²) in [4.78, 5) is 8.96. The zero-order valence-electron chi connectivity index (χ0n) is 22.0. The van der Waals surface area contributed by atoms with Gasteiger partial charge in [0, 0.05) is 18.0 Å². The molecule has 0 saturated carbocycles. The van der Waals surface area contributed by atoms with Crippen LogP contribution in [-0.4, -0.2) is 16.1 Å². The molecule has 0 atom stereocenters. The van der Waals surface area contributed by atoms with E-state index in [9.17, 15) is 8.78 Å². The number of hydrogen-bond donors (Lipinski definition) is 0. The summed E-state index contributed by atoms with van der Waals surface area (Å²) in [6.07, 6.45) is 19.0. The Labute approximate surface area is 212 Å². The van der Waals surface area contributed by atoms with Gasteiger partial charge in [-0.1, -0.05) is 97.3 Å². The molecule has 0 radical (unpaired) electrons. The van der Waals surface area contributed by atoms with Gasteiger partial charge < -0.3 is 4.74 Å². The van der Waals surface area contributed by atoms with Crippen molar-refractivity contribution in [1.29, 1.82) is 0 Å². The van der Waals surface area contributed by atoms with Gasteiger partial charge in [0.15, 0.2) is 5.82 Å². The van der Waals surface area contributed by atoms with Gasteiger partial charge in [0.25, 0.3) is 0 Å². The van der Waals surface area contributed by atoms with Crippen LogP contribution in [0.2, 0.25) is 0 Å². The highest BCUT2D eigenvalue weighted by molar-refractivity contribution is 5.55. The number of benzene rings is 1. The first-order valence-electron chi connectivity index (χ1n) is 14.0. The number of halogens is 2. The number of aromatic nitrogens is 2. The van der Waals surface area contributed by atoms with Crippen LogP contribution >= 0.6 is 0 Å². The van der Waals surface area contributed by atoms with Gasteiger partial charge in [-0.3, -0.25) is 0 Å². The molecule has 0 unspecified atom stereocenters. The van der Waals surface area contributed by atoms with E-state index in [-0.39, 0.29) is 12.2 Å². The van der Waals surface area contributed by atoms with Gasteiger partial charge in [0.1, 0.15) is 5.75 Å². The topological polar surface area (TPSA) is 35.0 Å². The van der Waals surface area contributed by atoms with E-state index in [1.807, 2.05) is 12.4 Å². The van der Waals surface area contributed by atoms with Crippen molar-refractivity contribution < 1.29 is 13.5 Å². The second-order valence-electron chi connectivity index (χ2n) is 9.77. The van der Waals surface area contributed by atoms with Gasteiger partial charge >= 0.3 is 6.11 Å². The summed E-state index contributed by atoms with van der Waals surface area (Å²) in [5.41, 5.74) is 1.94. The molecule has 1 aromatic carbocycles. The van der Waals surface area contributed by atoms with E-state index in [1.165, 1.54) is 57.8 Å². The first-order valence-corrected chi connectivity index (χ1v) is 14.0. The Morgan fingerprint density at radius 3 is 1.69 bits per heavy atom. The predicted molar refractivity (Wildman–Crippen MR) is 142 cm³/mol. The fraction of sp³-hybridized carbons (Fsp3) is 0.667. The molecular formula is C30H46F2N2O. The number of nitrogens with zero attached hydrogens (tertiary/aromatic N) is 2. The van der Waals surface area contributed by atoms with E-state index in [0.29, 0.717) is 12.2 Å². The van der Waals surface area contributed by atoms with Gasteiger partial charge in [-0.2, -0.15) is 8.78 Å². The Bertz CT molecular complexity index is 778. The van der Waals surface area contributed by atoms with Crippen LogP contribution in [0.4, 0.5) is 8.78 Å². The molecule has 0 aliphatic rings. The maximum atomic E-state index is 14.1. The quantitative estimate of drug-likeness (QED) is 0.174. The van der Waals surface area contributed by atoms with Crippen LogP contribution in [0.25, 0.3) is 11.4 Å². The summed E-state index contributed by atoms with van der Waals surface area (Å²) in [5.74, 6) is 0.776. The minimum absolute atomic E-state index is 0.173. The number of unbranched alkanes of at least 4 members (excludes halogenated alkanes) is 13. The third-order valence-electron chi connectivity index (χ3n) is 6.48. The van der Waals surface area contributed by atoms with Crippen molar-refractivity contribution in [1.82, 2.24) is 9.97 Å². The van der Waals surface area contributed by atoms with E-state index in [0.717, 1.165) is 49.7 Å². The summed E-state index contributed by atoms with van der Waals surface area (Å²) in [5, 5.41) is 0. The molecule has 1 heterocycles. The molecule has 35 heavy (non-hydrogen) atoms. The Morgan fingerprint density at radius 2 is 1.14 bits per heavy atom. The Balaban J connectivity index is 1.68. The van der Waals surface area contributed by atoms with Crippen LogP contribution in [0.3, 0.4) is 0 Å². The molecule has 0 amide bonds. The third kappa shape index (κ3) is 13.0. The van der Waals surface area contributed by atoms with Crippen molar-refractivity contribution in [3.05, 3.63) is 42.2 Å². The van der Waals surface area contributed by atoms with Gasteiger partial charge in [0.2, 0.25) is 0 Å². The third-order valence-corrected chi connectivity index (χ3v) is 6.48. The lowest BCUT2D eigenvalue weighted by atomic mass is 10.1. The van der Waals surface area contributed by atoms with Crippen LogP contribution in [0.15, 0.2) is 36.7 Å². The molecule has 0 aliphatic heterocycles. The average Bonchev–Trinajstić information content (AvgIpc) is 2.86. The molecule has 196 valence electrons. The van der Waals surface area contributed by atoms with Crippen molar-refractivity contribution in [3.8, 4) is 17.1 Å². The number of alkyl halides is 2. The van der Waals surface area contributed by atoms with Gasteiger partial charge in [-0.05, 0) is 49.1 Å². The molecule has 0 aliphatic carbocycles. The zero-order chi connectivity index (χ0) is 25.2. The smallest absolute Gasteiger partial charge is 0.397 e. The molecule has 0 spiro atoms. The van der Waals surface area contributed by atoms with E-state index in [1.54, 1.807) is 24.3 Å². The van der Waals surface area contributed by atoms with Crippen molar-refractivity contribution in [2.45, 2.75) is 129 Å². The largest absolute Gasteiger partial charge is 0.433 e. The molecule has 3 nitrogen and oxygen atoms in total. The summed E-state index contributed by atoms with van der Waals surface area (Å²) < 4.78 is 33.2. The standard InChI is InChI=1S/C30H46F2N2O/c1-3-5-7-9-11-12-13-14-16-18-26-24-33-29(34-25-26)27-19-21-28(22-20-27)35-30(31,32)23-17-15-10-8-6-4-2/h19-22,24-25H,3-18,23H2,1-2H3. The predicted octanol–water partition coefficient (Wildman–Crippen LogP) is 9.94. The summed E-state index contributed by atoms with van der Waals surface area (Å²) >= 11 is 0. The monoisotopic (exact) mass is 488 g/mol. The molecule has 5 heteroatoms. The molecule has 0 bridgehead atoms. The molecule has 2 rings (SSSR count). The summed E-state index contributed by atoms with van der Waals surface area (Å²) in [7, 11) is 0. The molecular weight excluding hydrogens is 442 g/mol. The van der Waals surface area contributed by atoms with E-state index >= 15 is 0 Å². The van der Waals surface area contributed by atoms with Crippen LogP contribution in [0.1, 0.15) is 122 Å². The fourth-order valence-electron chi connectivity index (χ4n) is 4.28. The maximum absolute atomic E-state index is 14.1. The average molecular weight is 489 g/mol. The van der Waals surface area contributed by atoms with Crippen molar-refractivity contribution >= 4 is 0 Å². The first-order chi connectivity index (χ1) is 17.0. The lowest BCUT2D eigenvalue weighted by molar-refractivity contribution is -0.181. The molecule has 2 aromatic rings. The van der Waals surface area contributed by atoms with Crippen LogP contribution in [0.5, 0.6) is 5.75 Å². The van der Waals surface area contributed by atoms with E-state index in [4.69, 9.17) is 4.74 Å². The van der Waals surface area contributed by atoms with E-state index in [2.05, 4.69) is 23.8 Å². The highest BCUT2D eigenvalue weighted by Gasteiger charge is 2.30. The number of hydrogen-bond acceptors (Lipinski definition) is 3. The Hall–Kier alpha value is -2.04. The van der Waals surface area contributed by atoms with Crippen LogP contribution in [-0.2, 0) is 6.42 Å².